The first-order chi connectivity index (χ1) is 9.74. The number of benzene rings is 1. The summed E-state index contributed by atoms with van der Waals surface area (Å²) >= 11 is 1.86. The van der Waals surface area contributed by atoms with E-state index in [1.54, 1.807) is 0 Å². The van der Waals surface area contributed by atoms with Gasteiger partial charge in [-0.15, -0.1) is 11.3 Å². The predicted octanol–water partition coefficient (Wildman–Crippen LogP) is 4.80. The molecule has 0 radical (unpaired) electrons. The number of aryl methyl sites for hydroxylation is 1. The third-order valence-corrected chi connectivity index (χ3v) is 6.10. The average Bonchev–Trinajstić information content (AvgIpc) is 3.12. The van der Waals surface area contributed by atoms with Crippen molar-refractivity contribution in [3.05, 3.63) is 45.9 Å². The van der Waals surface area contributed by atoms with Crippen LogP contribution < -0.4 is 4.90 Å². The van der Waals surface area contributed by atoms with E-state index in [1.807, 2.05) is 16.8 Å². The lowest BCUT2D eigenvalue weighted by atomic mass is 9.94. The minimum atomic E-state index is 0.224. The predicted molar refractivity (Wildman–Crippen MR) is 84.3 cm³/mol. The van der Waals surface area contributed by atoms with Crippen LogP contribution in [0.3, 0.4) is 0 Å². The Morgan fingerprint density at radius 2 is 2.00 bits per heavy atom. The Hall–Kier alpha value is -1.35. The molecule has 1 spiro atoms. The topological polar surface area (TPSA) is 16.1 Å². The molecule has 1 aromatic heterocycles. The van der Waals surface area contributed by atoms with Gasteiger partial charge in [-0.1, -0.05) is 31.0 Å². The van der Waals surface area contributed by atoms with Crippen LogP contribution in [0.1, 0.15) is 54.8 Å². The first-order valence-electron chi connectivity index (χ1n) is 7.53. The van der Waals surface area contributed by atoms with E-state index in [2.05, 4.69) is 48.0 Å². The monoisotopic (exact) mass is 284 g/mol. The quantitative estimate of drug-likeness (QED) is 0.747. The molecule has 1 atom stereocenters. The molecule has 1 aliphatic carbocycles. The molecule has 1 saturated carbocycles. The fourth-order valence-corrected chi connectivity index (χ4v) is 5.34. The third kappa shape index (κ3) is 1.47. The molecule has 0 bridgehead atoms. The molecule has 1 aliphatic heterocycles. The molecule has 3 heteroatoms. The lowest BCUT2D eigenvalue weighted by Crippen LogP contribution is -2.40. The highest BCUT2D eigenvalue weighted by Crippen LogP contribution is 2.57. The van der Waals surface area contributed by atoms with Gasteiger partial charge in [-0.25, -0.2) is 4.98 Å². The van der Waals surface area contributed by atoms with Crippen LogP contribution in [0.5, 0.6) is 0 Å². The second-order valence-electron chi connectivity index (χ2n) is 6.14. The van der Waals surface area contributed by atoms with Gasteiger partial charge in [0.25, 0.3) is 0 Å². The van der Waals surface area contributed by atoms with Crippen molar-refractivity contribution in [3.8, 4) is 0 Å². The van der Waals surface area contributed by atoms with Crippen molar-refractivity contribution in [2.24, 2.45) is 0 Å². The molecular weight excluding hydrogens is 264 g/mol. The van der Waals surface area contributed by atoms with Gasteiger partial charge in [0.2, 0.25) is 0 Å². The molecule has 104 valence electrons. The molecule has 1 aromatic carbocycles. The number of nitrogens with zero attached hydrogens (tertiary/aromatic N) is 2. The van der Waals surface area contributed by atoms with Gasteiger partial charge in [0, 0.05) is 5.69 Å². The molecule has 2 heterocycles. The third-order valence-electron chi connectivity index (χ3n) is 5.07. The summed E-state index contributed by atoms with van der Waals surface area (Å²) in [5.41, 5.74) is 6.35. The summed E-state index contributed by atoms with van der Waals surface area (Å²) in [6.07, 6.45) is 5.24. The Balaban J connectivity index is 1.91. The van der Waals surface area contributed by atoms with Gasteiger partial charge in [0.05, 0.1) is 27.7 Å². The molecule has 20 heavy (non-hydrogen) atoms. The van der Waals surface area contributed by atoms with Gasteiger partial charge in [-0.2, -0.15) is 0 Å². The van der Waals surface area contributed by atoms with E-state index in [-0.39, 0.29) is 5.54 Å². The summed E-state index contributed by atoms with van der Waals surface area (Å²) in [6, 6.07) is 9.20. The van der Waals surface area contributed by atoms with Crippen molar-refractivity contribution in [2.45, 2.75) is 51.1 Å². The van der Waals surface area contributed by atoms with Gasteiger partial charge >= 0.3 is 0 Å². The largest absolute Gasteiger partial charge is 0.352 e. The zero-order valence-corrected chi connectivity index (χ0v) is 12.9. The zero-order valence-electron chi connectivity index (χ0n) is 12.1. The maximum atomic E-state index is 4.68. The van der Waals surface area contributed by atoms with E-state index in [0.717, 1.165) is 0 Å². The number of anilines is 1. The summed E-state index contributed by atoms with van der Waals surface area (Å²) in [4.78, 5) is 8.88. The second kappa shape index (κ2) is 4.32. The molecule has 1 unspecified atom stereocenters. The maximum absolute atomic E-state index is 4.68. The average molecular weight is 284 g/mol. The Kier molecular flexibility index (Phi) is 2.68. The van der Waals surface area contributed by atoms with Gasteiger partial charge in [0.15, 0.2) is 0 Å². The van der Waals surface area contributed by atoms with Crippen LogP contribution in [0.4, 0.5) is 5.69 Å². The number of hydrogen-bond acceptors (Lipinski definition) is 3. The highest BCUT2D eigenvalue weighted by atomic mass is 32.1. The molecule has 4 rings (SSSR count). The minimum absolute atomic E-state index is 0.224. The Labute approximate surface area is 124 Å². The summed E-state index contributed by atoms with van der Waals surface area (Å²) < 4.78 is 0. The van der Waals surface area contributed by atoms with Gasteiger partial charge < -0.3 is 4.90 Å². The second-order valence-corrected chi connectivity index (χ2v) is 6.99. The van der Waals surface area contributed by atoms with Crippen LogP contribution in [0.2, 0.25) is 0 Å². The molecule has 2 aliphatic rings. The van der Waals surface area contributed by atoms with Crippen LogP contribution in [-0.2, 0) is 5.54 Å². The zero-order chi connectivity index (χ0) is 13.7. The van der Waals surface area contributed by atoms with Crippen LogP contribution in [0, 0.1) is 6.92 Å². The summed E-state index contributed by atoms with van der Waals surface area (Å²) in [5.74, 6) is 0. The van der Waals surface area contributed by atoms with Crippen molar-refractivity contribution in [1.82, 2.24) is 4.98 Å². The van der Waals surface area contributed by atoms with Crippen molar-refractivity contribution in [3.63, 3.8) is 0 Å². The van der Waals surface area contributed by atoms with E-state index >= 15 is 0 Å². The molecule has 2 nitrogen and oxygen atoms in total. The molecule has 0 N–H and O–H groups in total. The Morgan fingerprint density at radius 3 is 2.75 bits per heavy atom. The number of aromatic nitrogens is 1. The van der Waals surface area contributed by atoms with E-state index < -0.39 is 0 Å². The number of thiazole rings is 1. The molecule has 0 saturated heterocycles. The fraction of sp³-hybridized carbons (Fsp3) is 0.471. The summed E-state index contributed by atoms with van der Waals surface area (Å²) in [5, 5.41) is 0. The molecule has 2 aromatic rings. The van der Waals surface area contributed by atoms with Crippen LogP contribution in [0.15, 0.2) is 29.8 Å². The van der Waals surface area contributed by atoms with Crippen molar-refractivity contribution in [2.75, 3.05) is 4.90 Å². The van der Waals surface area contributed by atoms with E-state index in [0.29, 0.717) is 6.04 Å². The Bertz CT molecular complexity index is 640. The number of hydrogen-bond donors (Lipinski definition) is 0. The smallest absolute Gasteiger partial charge is 0.0799 e. The fourth-order valence-electron chi connectivity index (χ4n) is 4.20. The van der Waals surface area contributed by atoms with Gasteiger partial charge in [0.1, 0.15) is 0 Å². The molecular formula is C17H20N2S. The van der Waals surface area contributed by atoms with Crippen LogP contribution >= 0.6 is 11.3 Å². The lowest BCUT2D eigenvalue weighted by Gasteiger charge is -2.40. The normalized spacial score (nSPS) is 23.5. The van der Waals surface area contributed by atoms with E-state index in [1.165, 1.54) is 47.5 Å². The number of rotatable bonds is 1. The molecule has 1 fully saturated rings. The summed E-state index contributed by atoms with van der Waals surface area (Å²) in [6.45, 7) is 4.54. The summed E-state index contributed by atoms with van der Waals surface area (Å²) in [7, 11) is 0. The van der Waals surface area contributed by atoms with Crippen molar-refractivity contribution in [1.29, 1.82) is 0 Å². The first-order valence-corrected chi connectivity index (χ1v) is 8.41. The van der Waals surface area contributed by atoms with Crippen LogP contribution in [0.25, 0.3) is 0 Å². The number of para-hydroxylation sites is 1. The van der Waals surface area contributed by atoms with E-state index in [4.69, 9.17) is 0 Å². The molecule has 0 amide bonds. The Morgan fingerprint density at radius 1 is 1.25 bits per heavy atom. The standard InChI is InChI=1S/C17H20N2S/c1-12-7-3-4-8-14(12)19-13(2)15-16(20-11-18-15)17(19)9-5-6-10-17/h3-4,7-8,11,13H,5-6,9-10H2,1-2H3. The number of fused-ring (bicyclic) bond motifs is 2. The highest BCUT2D eigenvalue weighted by molar-refractivity contribution is 7.10. The minimum Gasteiger partial charge on any atom is -0.352 e. The first kappa shape index (κ1) is 12.4. The highest BCUT2D eigenvalue weighted by Gasteiger charge is 2.52. The van der Waals surface area contributed by atoms with Gasteiger partial charge in [-0.3, -0.25) is 0 Å². The van der Waals surface area contributed by atoms with Crippen molar-refractivity contribution >= 4 is 17.0 Å². The van der Waals surface area contributed by atoms with E-state index in [9.17, 15) is 0 Å². The SMILES string of the molecule is Cc1ccccc1N1C(C)c2ncsc2C12CCCC2. The van der Waals surface area contributed by atoms with Crippen LogP contribution in [-0.4, -0.2) is 4.98 Å². The van der Waals surface area contributed by atoms with Gasteiger partial charge in [-0.05, 0) is 38.3 Å². The lowest BCUT2D eigenvalue weighted by molar-refractivity contribution is 0.420. The van der Waals surface area contributed by atoms with Crippen molar-refractivity contribution < 1.29 is 0 Å². The maximum Gasteiger partial charge on any atom is 0.0799 e.